The average molecular weight is 214 g/mol. The van der Waals surface area contributed by atoms with E-state index in [1.807, 2.05) is 0 Å². The number of morpholine rings is 1. The van der Waals surface area contributed by atoms with Crippen molar-refractivity contribution >= 4 is 5.96 Å². The molecule has 1 unspecified atom stereocenters. The first kappa shape index (κ1) is 12.3. The first-order chi connectivity index (χ1) is 7.13. The predicted molar refractivity (Wildman–Crippen MR) is 61.5 cm³/mol. The minimum atomic E-state index is 0.247. The summed E-state index contributed by atoms with van der Waals surface area (Å²) in [6, 6.07) is 0. The van der Waals surface area contributed by atoms with Gasteiger partial charge in [0, 0.05) is 19.6 Å². The van der Waals surface area contributed by atoms with Crippen molar-refractivity contribution in [3.05, 3.63) is 0 Å². The van der Waals surface area contributed by atoms with Crippen LogP contribution in [0.2, 0.25) is 0 Å². The third kappa shape index (κ3) is 4.05. The molecule has 5 nitrogen and oxygen atoms in total. The van der Waals surface area contributed by atoms with E-state index in [0.717, 1.165) is 32.2 Å². The standard InChI is InChI=1S/C10H22N4O/c1-8(2)6-12-10(13-11)14-4-5-15-9(3)7-14/h8-9H,4-7,11H2,1-3H3,(H,12,13). The fourth-order valence-electron chi connectivity index (χ4n) is 1.52. The molecule has 0 saturated carbocycles. The molecular formula is C10H22N4O. The lowest BCUT2D eigenvalue weighted by Crippen LogP contribution is -2.51. The summed E-state index contributed by atoms with van der Waals surface area (Å²) < 4.78 is 5.46. The maximum Gasteiger partial charge on any atom is 0.208 e. The largest absolute Gasteiger partial charge is 0.375 e. The lowest BCUT2D eigenvalue weighted by Gasteiger charge is -2.33. The van der Waals surface area contributed by atoms with Crippen LogP contribution in [0.25, 0.3) is 0 Å². The van der Waals surface area contributed by atoms with Crippen LogP contribution in [0.15, 0.2) is 4.99 Å². The van der Waals surface area contributed by atoms with Crippen LogP contribution in [-0.4, -0.2) is 43.2 Å². The van der Waals surface area contributed by atoms with Crippen LogP contribution in [0.3, 0.4) is 0 Å². The summed E-state index contributed by atoms with van der Waals surface area (Å²) in [4.78, 5) is 6.59. The third-order valence-corrected chi connectivity index (χ3v) is 2.28. The summed E-state index contributed by atoms with van der Waals surface area (Å²) in [6.45, 7) is 9.57. The highest BCUT2D eigenvalue weighted by molar-refractivity contribution is 5.79. The van der Waals surface area contributed by atoms with Gasteiger partial charge >= 0.3 is 0 Å². The normalized spacial score (nSPS) is 23.4. The summed E-state index contributed by atoms with van der Waals surface area (Å²) in [5.74, 6) is 6.80. The maximum atomic E-state index is 5.47. The number of hydrazine groups is 1. The Labute approximate surface area is 91.6 Å². The van der Waals surface area contributed by atoms with Crippen molar-refractivity contribution in [3.8, 4) is 0 Å². The van der Waals surface area contributed by atoms with E-state index in [9.17, 15) is 0 Å². The number of ether oxygens (including phenoxy) is 1. The van der Waals surface area contributed by atoms with E-state index in [-0.39, 0.29) is 6.10 Å². The van der Waals surface area contributed by atoms with Crippen LogP contribution in [0.5, 0.6) is 0 Å². The second-order valence-electron chi connectivity index (χ2n) is 4.33. The van der Waals surface area contributed by atoms with Crippen LogP contribution in [-0.2, 0) is 4.74 Å². The lowest BCUT2D eigenvalue weighted by molar-refractivity contribution is 0.00456. The number of aliphatic imine (C=N–C) groups is 1. The Morgan fingerprint density at radius 1 is 1.67 bits per heavy atom. The topological polar surface area (TPSA) is 62.9 Å². The van der Waals surface area contributed by atoms with Gasteiger partial charge in [-0.2, -0.15) is 0 Å². The van der Waals surface area contributed by atoms with Crippen molar-refractivity contribution in [3.63, 3.8) is 0 Å². The van der Waals surface area contributed by atoms with Crippen molar-refractivity contribution in [1.82, 2.24) is 10.3 Å². The Hall–Kier alpha value is -0.810. The Kier molecular flexibility index (Phi) is 4.84. The zero-order chi connectivity index (χ0) is 11.3. The Bertz CT molecular complexity index is 217. The van der Waals surface area contributed by atoms with Crippen LogP contribution in [0.1, 0.15) is 20.8 Å². The summed E-state index contributed by atoms with van der Waals surface area (Å²) in [7, 11) is 0. The van der Waals surface area contributed by atoms with E-state index in [1.165, 1.54) is 0 Å². The molecule has 0 radical (unpaired) electrons. The van der Waals surface area contributed by atoms with Gasteiger partial charge in [0.05, 0.1) is 12.7 Å². The SMILES string of the molecule is CC(C)CN=C(NN)N1CCOC(C)C1. The predicted octanol–water partition coefficient (Wildman–Crippen LogP) is 0.182. The third-order valence-electron chi connectivity index (χ3n) is 2.28. The molecule has 0 aromatic rings. The molecule has 5 heteroatoms. The highest BCUT2D eigenvalue weighted by Crippen LogP contribution is 2.04. The first-order valence-corrected chi connectivity index (χ1v) is 5.51. The molecule has 1 aliphatic rings. The smallest absolute Gasteiger partial charge is 0.208 e. The second kappa shape index (κ2) is 5.92. The van der Waals surface area contributed by atoms with Gasteiger partial charge in [-0.05, 0) is 12.8 Å². The highest BCUT2D eigenvalue weighted by Gasteiger charge is 2.19. The molecule has 1 saturated heterocycles. The summed E-state index contributed by atoms with van der Waals surface area (Å²) >= 11 is 0. The number of nitrogens with zero attached hydrogens (tertiary/aromatic N) is 2. The number of hydrogen-bond acceptors (Lipinski definition) is 3. The van der Waals surface area contributed by atoms with Gasteiger partial charge < -0.3 is 9.64 Å². The van der Waals surface area contributed by atoms with Gasteiger partial charge in [0.25, 0.3) is 0 Å². The van der Waals surface area contributed by atoms with Gasteiger partial charge in [-0.1, -0.05) is 13.8 Å². The quantitative estimate of drug-likeness (QED) is 0.298. The van der Waals surface area contributed by atoms with Crippen molar-refractivity contribution in [2.24, 2.45) is 16.8 Å². The average Bonchev–Trinajstić information content (AvgIpc) is 2.18. The molecule has 0 amide bonds. The zero-order valence-electron chi connectivity index (χ0n) is 9.86. The number of guanidine groups is 1. The molecule has 1 aliphatic heterocycles. The molecule has 0 spiro atoms. The van der Waals surface area contributed by atoms with Gasteiger partial charge in [-0.15, -0.1) is 0 Å². The molecule has 0 aliphatic carbocycles. The van der Waals surface area contributed by atoms with Crippen molar-refractivity contribution in [2.75, 3.05) is 26.2 Å². The van der Waals surface area contributed by atoms with Gasteiger partial charge in [0.15, 0.2) is 0 Å². The summed E-state index contributed by atoms with van der Waals surface area (Å²) in [5.41, 5.74) is 2.67. The van der Waals surface area contributed by atoms with E-state index in [0.29, 0.717) is 5.92 Å². The molecule has 0 aromatic carbocycles. The van der Waals surface area contributed by atoms with E-state index in [2.05, 4.69) is 36.1 Å². The van der Waals surface area contributed by atoms with Gasteiger partial charge in [-0.25, -0.2) is 5.84 Å². The van der Waals surface area contributed by atoms with Gasteiger partial charge in [-0.3, -0.25) is 10.4 Å². The Morgan fingerprint density at radius 2 is 2.40 bits per heavy atom. The maximum absolute atomic E-state index is 5.47. The van der Waals surface area contributed by atoms with Crippen LogP contribution in [0.4, 0.5) is 0 Å². The molecule has 1 heterocycles. The van der Waals surface area contributed by atoms with Crippen LogP contribution < -0.4 is 11.3 Å². The van der Waals surface area contributed by atoms with E-state index < -0.39 is 0 Å². The van der Waals surface area contributed by atoms with E-state index in [1.54, 1.807) is 0 Å². The van der Waals surface area contributed by atoms with Gasteiger partial charge in [0.2, 0.25) is 5.96 Å². The number of hydrogen-bond donors (Lipinski definition) is 2. The first-order valence-electron chi connectivity index (χ1n) is 5.51. The summed E-state index contributed by atoms with van der Waals surface area (Å²) in [5, 5.41) is 0. The molecule has 1 rings (SSSR count). The van der Waals surface area contributed by atoms with E-state index >= 15 is 0 Å². The zero-order valence-corrected chi connectivity index (χ0v) is 9.86. The van der Waals surface area contributed by atoms with Crippen molar-refractivity contribution in [1.29, 1.82) is 0 Å². The molecule has 0 bridgehead atoms. The molecule has 0 aromatic heterocycles. The van der Waals surface area contributed by atoms with E-state index in [4.69, 9.17) is 10.6 Å². The fraction of sp³-hybridized carbons (Fsp3) is 0.900. The molecule has 1 fully saturated rings. The minimum absolute atomic E-state index is 0.247. The van der Waals surface area contributed by atoms with Gasteiger partial charge in [0.1, 0.15) is 0 Å². The van der Waals surface area contributed by atoms with Crippen LogP contribution >= 0.6 is 0 Å². The second-order valence-corrected chi connectivity index (χ2v) is 4.33. The molecule has 88 valence electrons. The monoisotopic (exact) mass is 214 g/mol. The summed E-state index contributed by atoms with van der Waals surface area (Å²) in [6.07, 6.45) is 0.247. The minimum Gasteiger partial charge on any atom is -0.375 e. The fourth-order valence-corrected chi connectivity index (χ4v) is 1.52. The molecule has 15 heavy (non-hydrogen) atoms. The number of nitrogens with one attached hydrogen (secondary N) is 1. The van der Waals surface area contributed by atoms with Crippen molar-refractivity contribution in [2.45, 2.75) is 26.9 Å². The highest BCUT2D eigenvalue weighted by atomic mass is 16.5. The lowest BCUT2D eigenvalue weighted by atomic mass is 10.2. The van der Waals surface area contributed by atoms with Crippen molar-refractivity contribution < 1.29 is 4.74 Å². The Morgan fingerprint density at radius 3 is 2.93 bits per heavy atom. The Balaban J connectivity index is 2.52. The number of nitrogens with two attached hydrogens (primary N) is 1. The number of rotatable bonds is 2. The molecule has 1 atom stereocenters. The molecule has 3 N–H and O–H groups in total. The van der Waals surface area contributed by atoms with Crippen LogP contribution in [0, 0.1) is 5.92 Å². The molecular weight excluding hydrogens is 192 g/mol.